The topological polar surface area (TPSA) is 36.9 Å². The van der Waals surface area contributed by atoms with Crippen LogP contribution in [0.3, 0.4) is 0 Å². The van der Waals surface area contributed by atoms with Crippen molar-refractivity contribution in [2.24, 2.45) is 0 Å². The Morgan fingerprint density at radius 2 is 1.15 bits per heavy atom. The van der Waals surface area contributed by atoms with Gasteiger partial charge in [0.15, 0.2) is 16.6 Å². The second-order valence-electron chi connectivity index (χ2n) is 9.56. The van der Waals surface area contributed by atoms with Gasteiger partial charge in [-0.25, -0.2) is 0 Å². The van der Waals surface area contributed by atoms with E-state index in [0.717, 1.165) is 5.19 Å². The van der Waals surface area contributed by atoms with Gasteiger partial charge in [-0.2, -0.15) is 0 Å². The highest BCUT2D eigenvalue weighted by molar-refractivity contribution is 6.95. The SMILES string of the molecule is C=C[Si](C)(O[Si](C)(C)C)O[Si](C)(C)O[Si](C)(O[Si](C)(C)C)c1ccccc1. The Kier molecular flexibility index (Phi) is 8.04. The van der Waals surface area contributed by atoms with Crippen LogP contribution in [0.4, 0.5) is 0 Å². The van der Waals surface area contributed by atoms with E-state index in [-0.39, 0.29) is 0 Å². The van der Waals surface area contributed by atoms with E-state index in [4.69, 9.17) is 16.5 Å². The molecule has 0 bridgehead atoms. The highest BCUT2D eigenvalue weighted by atomic mass is 28.5. The summed E-state index contributed by atoms with van der Waals surface area (Å²) in [6.45, 7) is 25.6. The number of rotatable bonds is 10. The molecule has 0 saturated heterocycles. The fraction of sp³-hybridized carbons (Fsp3) is 0.556. The molecule has 1 aromatic rings. The highest BCUT2D eigenvalue weighted by Gasteiger charge is 2.48. The third-order valence-corrected chi connectivity index (χ3v) is 20.9. The predicted octanol–water partition coefficient (Wildman–Crippen LogP) is 5.20. The van der Waals surface area contributed by atoms with Crippen LogP contribution >= 0.6 is 0 Å². The van der Waals surface area contributed by atoms with E-state index in [1.165, 1.54) is 0 Å². The maximum absolute atomic E-state index is 6.79. The molecular formula is C18H38O4Si5. The summed E-state index contributed by atoms with van der Waals surface area (Å²) in [6.07, 6.45) is 0. The lowest BCUT2D eigenvalue weighted by Crippen LogP contribution is -2.64. The van der Waals surface area contributed by atoms with Crippen molar-refractivity contribution in [3.05, 3.63) is 42.6 Å². The van der Waals surface area contributed by atoms with Crippen molar-refractivity contribution in [1.82, 2.24) is 0 Å². The minimum atomic E-state index is -2.63. The maximum atomic E-state index is 6.79. The van der Waals surface area contributed by atoms with Gasteiger partial charge in [-0.05, 0) is 70.7 Å². The molecule has 2 atom stereocenters. The van der Waals surface area contributed by atoms with Crippen LogP contribution < -0.4 is 5.19 Å². The van der Waals surface area contributed by atoms with Gasteiger partial charge in [0.05, 0.1) is 0 Å². The lowest BCUT2D eigenvalue weighted by Gasteiger charge is -2.42. The first kappa shape index (κ1) is 24.9. The van der Waals surface area contributed by atoms with E-state index < -0.39 is 42.3 Å². The van der Waals surface area contributed by atoms with Crippen molar-refractivity contribution >= 4 is 47.5 Å². The Bertz CT molecular complexity index is 627. The summed E-state index contributed by atoms with van der Waals surface area (Å²) in [5.74, 6) is 0. The van der Waals surface area contributed by atoms with E-state index in [2.05, 4.69) is 84.2 Å². The van der Waals surface area contributed by atoms with Crippen LogP contribution in [0, 0.1) is 0 Å². The third kappa shape index (κ3) is 8.83. The average Bonchev–Trinajstić information content (AvgIpc) is 2.42. The van der Waals surface area contributed by atoms with Gasteiger partial charge in [0.1, 0.15) is 0 Å². The number of benzene rings is 1. The molecule has 0 N–H and O–H groups in total. The zero-order valence-electron chi connectivity index (χ0n) is 18.8. The molecule has 1 aromatic carbocycles. The molecular weight excluding hydrogens is 421 g/mol. The molecule has 9 heteroatoms. The Hall–Kier alpha value is -0.116. The second-order valence-corrected chi connectivity index (χ2v) is 29.0. The molecule has 4 nitrogen and oxygen atoms in total. The quantitative estimate of drug-likeness (QED) is 0.451. The van der Waals surface area contributed by atoms with Gasteiger partial charge < -0.3 is 16.5 Å². The van der Waals surface area contributed by atoms with Crippen molar-refractivity contribution in [3.8, 4) is 0 Å². The summed E-state index contributed by atoms with van der Waals surface area (Å²) in [7, 11) is -11.2. The average molecular weight is 459 g/mol. The van der Waals surface area contributed by atoms with Crippen molar-refractivity contribution in [3.63, 3.8) is 0 Å². The fourth-order valence-corrected chi connectivity index (χ4v) is 24.4. The van der Waals surface area contributed by atoms with Crippen LogP contribution in [0.25, 0.3) is 0 Å². The minimum absolute atomic E-state index is 1.14. The van der Waals surface area contributed by atoms with Crippen LogP contribution in [-0.4, -0.2) is 42.3 Å². The third-order valence-electron chi connectivity index (χ3n) is 3.57. The molecule has 0 aliphatic rings. The number of hydrogen-bond donors (Lipinski definition) is 0. The largest absolute Gasteiger partial charge is 0.434 e. The zero-order chi connectivity index (χ0) is 21.1. The zero-order valence-corrected chi connectivity index (χ0v) is 23.8. The summed E-state index contributed by atoms with van der Waals surface area (Å²) in [5, 5.41) is 1.14. The molecule has 0 saturated carbocycles. The Morgan fingerprint density at radius 3 is 1.56 bits per heavy atom. The Morgan fingerprint density at radius 1 is 0.667 bits per heavy atom. The van der Waals surface area contributed by atoms with Crippen LogP contribution in [0.5, 0.6) is 0 Å². The van der Waals surface area contributed by atoms with Crippen molar-refractivity contribution in [1.29, 1.82) is 0 Å². The Balaban J connectivity index is 3.17. The summed E-state index contributed by atoms with van der Waals surface area (Å²) >= 11 is 0. The molecule has 0 aliphatic heterocycles. The van der Waals surface area contributed by atoms with E-state index >= 15 is 0 Å². The molecule has 27 heavy (non-hydrogen) atoms. The first-order valence-electron chi connectivity index (χ1n) is 9.49. The summed E-state index contributed by atoms with van der Waals surface area (Å²) < 4.78 is 26.5. The molecule has 0 fully saturated rings. The molecule has 0 heterocycles. The first-order chi connectivity index (χ1) is 12.0. The summed E-state index contributed by atoms with van der Waals surface area (Å²) in [4.78, 5) is 0. The van der Waals surface area contributed by atoms with Crippen LogP contribution in [-0.2, 0) is 16.5 Å². The lowest BCUT2D eigenvalue weighted by molar-refractivity contribution is 0.307. The normalized spacial score (nSPS) is 17.9. The monoisotopic (exact) mass is 458 g/mol. The van der Waals surface area contributed by atoms with Gasteiger partial charge in [-0.15, -0.1) is 6.58 Å². The van der Waals surface area contributed by atoms with E-state index in [9.17, 15) is 0 Å². The molecule has 154 valence electrons. The molecule has 0 amide bonds. The standard InChI is InChI=1S/C18H38O4Si5/c1-12-26(10,19-23(2,3)4)21-25(8,9)22-27(11,20-24(5,6)7)18-16-14-13-15-17-18/h12-17H,1H2,2-11H3. The van der Waals surface area contributed by atoms with E-state index in [1.807, 2.05) is 23.9 Å². The van der Waals surface area contributed by atoms with Crippen LogP contribution in [0.1, 0.15) is 0 Å². The molecule has 2 unspecified atom stereocenters. The lowest BCUT2D eigenvalue weighted by atomic mass is 10.4. The van der Waals surface area contributed by atoms with Gasteiger partial charge in [0, 0.05) is 0 Å². The van der Waals surface area contributed by atoms with Gasteiger partial charge >= 0.3 is 25.7 Å². The molecule has 0 radical (unpaired) electrons. The van der Waals surface area contributed by atoms with Gasteiger partial charge in [0.2, 0.25) is 0 Å². The number of hydrogen-bond acceptors (Lipinski definition) is 4. The minimum Gasteiger partial charge on any atom is -0.434 e. The van der Waals surface area contributed by atoms with Gasteiger partial charge in [-0.1, -0.05) is 36.0 Å². The predicted molar refractivity (Wildman–Crippen MR) is 128 cm³/mol. The Labute approximate surface area is 171 Å². The highest BCUT2D eigenvalue weighted by Crippen LogP contribution is 2.26. The molecule has 0 aromatic heterocycles. The smallest absolute Gasteiger partial charge is 0.350 e. The molecule has 0 spiro atoms. The van der Waals surface area contributed by atoms with Crippen molar-refractivity contribution in [2.45, 2.75) is 65.5 Å². The fourth-order valence-electron chi connectivity index (χ4n) is 3.15. The summed E-state index contributed by atoms with van der Waals surface area (Å²) in [6, 6.07) is 10.3. The summed E-state index contributed by atoms with van der Waals surface area (Å²) in [5.41, 5.74) is 1.88. The van der Waals surface area contributed by atoms with Crippen LogP contribution in [0.2, 0.25) is 65.5 Å². The van der Waals surface area contributed by atoms with E-state index in [1.54, 1.807) is 0 Å². The molecule has 1 rings (SSSR count). The van der Waals surface area contributed by atoms with Crippen molar-refractivity contribution < 1.29 is 16.5 Å². The van der Waals surface area contributed by atoms with Crippen LogP contribution in [0.15, 0.2) is 42.6 Å². The van der Waals surface area contributed by atoms with E-state index in [0.29, 0.717) is 0 Å². The maximum Gasteiger partial charge on any atom is 0.350 e. The first-order valence-corrected chi connectivity index (χ1v) is 23.8. The van der Waals surface area contributed by atoms with Gasteiger partial charge in [0.25, 0.3) is 0 Å². The molecule has 0 aliphatic carbocycles. The van der Waals surface area contributed by atoms with Gasteiger partial charge in [-0.3, -0.25) is 0 Å². The van der Waals surface area contributed by atoms with Crippen molar-refractivity contribution in [2.75, 3.05) is 0 Å². The second kappa shape index (κ2) is 8.72.